The molecule has 1 aromatic carbocycles. The van der Waals surface area contributed by atoms with Crippen LogP contribution in [0.3, 0.4) is 0 Å². The lowest BCUT2D eigenvalue weighted by Crippen LogP contribution is -2.38. The zero-order valence-corrected chi connectivity index (χ0v) is 20.8. The molecule has 1 fully saturated rings. The molecule has 172 valence electrons. The molecule has 5 nitrogen and oxygen atoms in total. The first-order valence-corrected chi connectivity index (χ1v) is 13.8. The summed E-state index contributed by atoms with van der Waals surface area (Å²) < 4.78 is 0. The van der Waals surface area contributed by atoms with Crippen LogP contribution in [0.2, 0.25) is 0 Å². The number of thioether (sulfide) groups is 2. The number of aryl methyl sites for hydroxylation is 1. The highest BCUT2D eigenvalue weighted by Crippen LogP contribution is 2.36. The Morgan fingerprint density at radius 3 is 2.94 bits per heavy atom. The number of fused-ring (bicyclic) bond motifs is 2. The van der Waals surface area contributed by atoms with Crippen LogP contribution < -0.4 is 5.32 Å². The third kappa shape index (κ3) is 5.14. The molecule has 0 saturated heterocycles. The van der Waals surface area contributed by atoms with Gasteiger partial charge in [0, 0.05) is 24.0 Å². The third-order valence-electron chi connectivity index (χ3n) is 6.80. The number of hydrogen-bond donors (Lipinski definition) is 2. The molecule has 1 saturated carbocycles. The van der Waals surface area contributed by atoms with Crippen molar-refractivity contribution in [1.82, 2.24) is 10.2 Å². The van der Waals surface area contributed by atoms with E-state index < -0.39 is 0 Å². The summed E-state index contributed by atoms with van der Waals surface area (Å²) in [7, 11) is 0. The minimum Gasteiger partial charge on any atom is -0.508 e. The monoisotopic (exact) mass is 470 g/mol. The highest BCUT2D eigenvalue weighted by molar-refractivity contribution is 8.17. The van der Waals surface area contributed by atoms with Gasteiger partial charge in [-0.15, -0.1) is 0 Å². The summed E-state index contributed by atoms with van der Waals surface area (Å²) in [4.78, 5) is 12.5. The molecule has 1 unspecified atom stereocenters. The first-order chi connectivity index (χ1) is 15.4. The maximum atomic E-state index is 9.92. The van der Waals surface area contributed by atoms with E-state index in [1.54, 1.807) is 11.8 Å². The van der Waals surface area contributed by atoms with E-state index in [0.29, 0.717) is 17.8 Å². The van der Waals surface area contributed by atoms with Crippen LogP contribution in [0.25, 0.3) is 0 Å². The third-order valence-corrected chi connectivity index (χ3v) is 8.65. The lowest BCUT2D eigenvalue weighted by molar-refractivity contribution is 0.436. The fourth-order valence-corrected chi connectivity index (χ4v) is 7.26. The molecule has 4 aliphatic rings. The Labute approximate surface area is 200 Å². The van der Waals surface area contributed by atoms with E-state index in [1.165, 1.54) is 48.9 Å². The minimum absolute atomic E-state index is 0.00479. The van der Waals surface area contributed by atoms with Crippen molar-refractivity contribution in [3.63, 3.8) is 0 Å². The number of nitrogens with one attached hydrogen (secondary N) is 1. The largest absolute Gasteiger partial charge is 0.508 e. The van der Waals surface area contributed by atoms with E-state index in [4.69, 9.17) is 9.98 Å². The molecule has 0 amide bonds. The maximum Gasteiger partial charge on any atom is 0.168 e. The highest BCUT2D eigenvalue weighted by Gasteiger charge is 2.36. The van der Waals surface area contributed by atoms with Crippen LogP contribution in [0.15, 0.2) is 39.3 Å². The van der Waals surface area contributed by atoms with Gasteiger partial charge in [-0.2, -0.15) is 0 Å². The van der Waals surface area contributed by atoms with Crippen molar-refractivity contribution in [3.05, 3.63) is 40.4 Å². The average molecular weight is 471 g/mol. The summed E-state index contributed by atoms with van der Waals surface area (Å²) in [6, 6.07) is 6.64. The SMILES string of the molecule is CC1(C)CN2C(CSC(=NC3CCCCC3)NC3CCc4ccc(O)cc4C3)=CSC2=N1. The van der Waals surface area contributed by atoms with Crippen LogP contribution in [0.5, 0.6) is 5.75 Å². The molecule has 0 spiro atoms. The Morgan fingerprint density at radius 1 is 1.25 bits per heavy atom. The smallest absolute Gasteiger partial charge is 0.168 e. The predicted octanol–water partition coefficient (Wildman–Crippen LogP) is 5.30. The average Bonchev–Trinajstić information content (AvgIpc) is 3.27. The van der Waals surface area contributed by atoms with Gasteiger partial charge in [-0.3, -0.25) is 9.98 Å². The number of phenols is 1. The van der Waals surface area contributed by atoms with E-state index in [1.807, 2.05) is 23.9 Å². The zero-order chi connectivity index (χ0) is 22.1. The lowest BCUT2D eigenvalue weighted by Gasteiger charge is -2.28. The number of hydrogen-bond acceptors (Lipinski definition) is 6. The molecule has 2 N–H and O–H groups in total. The summed E-state index contributed by atoms with van der Waals surface area (Å²) in [5.74, 6) is 1.29. The van der Waals surface area contributed by atoms with Crippen LogP contribution in [0, 0.1) is 0 Å². The Balaban J connectivity index is 1.26. The number of aromatic hydroxyl groups is 1. The Kier molecular flexibility index (Phi) is 6.48. The van der Waals surface area contributed by atoms with Crippen molar-refractivity contribution < 1.29 is 5.11 Å². The van der Waals surface area contributed by atoms with Crippen LogP contribution in [0.4, 0.5) is 0 Å². The second kappa shape index (κ2) is 9.34. The van der Waals surface area contributed by atoms with Crippen molar-refractivity contribution in [2.24, 2.45) is 9.98 Å². The first kappa shape index (κ1) is 22.2. The molecule has 2 aliphatic carbocycles. The molecule has 0 bridgehead atoms. The van der Waals surface area contributed by atoms with Crippen molar-refractivity contribution in [1.29, 1.82) is 0 Å². The number of rotatable bonds is 4. The maximum absolute atomic E-state index is 9.92. The van der Waals surface area contributed by atoms with Gasteiger partial charge < -0.3 is 15.3 Å². The van der Waals surface area contributed by atoms with Crippen LogP contribution >= 0.6 is 23.5 Å². The van der Waals surface area contributed by atoms with E-state index in [2.05, 4.69) is 35.5 Å². The van der Waals surface area contributed by atoms with Gasteiger partial charge in [-0.1, -0.05) is 48.9 Å². The number of benzene rings is 1. The Hall–Kier alpha value is -1.60. The van der Waals surface area contributed by atoms with E-state index in [0.717, 1.165) is 41.9 Å². The van der Waals surface area contributed by atoms with Crippen molar-refractivity contribution in [3.8, 4) is 5.75 Å². The van der Waals surface area contributed by atoms with Gasteiger partial charge in [0.05, 0.1) is 11.6 Å². The van der Waals surface area contributed by atoms with Crippen molar-refractivity contribution in [2.45, 2.75) is 82.8 Å². The normalized spacial score (nSPS) is 25.2. The molecule has 32 heavy (non-hydrogen) atoms. The standard InChI is InChI=1S/C25H34N4OS2/c1-25(2)16-29-21(15-32-24(29)28-25)14-31-23(26-19-6-4-3-5-7-19)27-20-10-8-17-9-11-22(30)13-18(17)12-20/h9,11,13,15,19-20,30H,3-8,10,12,14,16H2,1-2H3,(H,26,27). The number of aliphatic imine (C=N–C) groups is 2. The van der Waals surface area contributed by atoms with Gasteiger partial charge in [0.2, 0.25) is 0 Å². The molecular weight excluding hydrogens is 436 g/mol. The summed E-state index contributed by atoms with van der Waals surface area (Å²) in [6.07, 6.45) is 9.48. The quantitative estimate of drug-likeness (QED) is 0.462. The van der Waals surface area contributed by atoms with Crippen LogP contribution in [0.1, 0.15) is 63.5 Å². The summed E-state index contributed by atoms with van der Waals surface area (Å²) in [6.45, 7) is 5.38. The Bertz CT molecular complexity index is 949. The zero-order valence-electron chi connectivity index (χ0n) is 19.1. The van der Waals surface area contributed by atoms with Crippen LogP contribution in [-0.2, 0) is 12.8 Å². The molecule has 1 atom stereocenters. The van der Waals surface area contributed by atoms with Gasteiger partial charge >= 0.3 is 0 Å². The number of phenolic OH excluding ortho intramolecular Hbond substituents is 1. The van der Waals surface area contributed by atoms with E-state index in [-0.39, 0.29) is 5.54 Å². The summed E-state index contributed by atoms with van der Waals surface area (Å²) in [5.41, 5.74) is 3.99. The summed E-state index contributed by atoms with van der Waals surface area (Å²) in [5, 5.41) is 18.2. The van der Waals surface area contributed by atoms with Gasteiger partial charge in [-0.25, -0.2) is 0 Å². The molecule has 7 heteroatoms. The van der Waals surface area contributed by atoms with Crippen LogP contribution in [-0.4, -0.2) is 50.3 Å². The molecule has 2 heterocycles. The van der Waals surface area contributed by atoms with Crippen molar-refractivity contribution >= 4 is 33.9 Å². The summed E-state index contributed by atoms with van der Waals surface area (Å²) >= 11 is 3.61. The number of amidine groups is 2. The molecule has 0 aromatic heterocycles. The van der Waals surface area contributed by atoms with Gasteiger partial charge in [0.25, 0.3) is 0 Å². The molecular formula is C25H34N4OS2. The topological polar surface area (TPSA) is 60.2 Å². The second-order valence-corrected chi connectivity index (χ2v) is 11.9. The van der Waals surface area contributed by atoms with E-state index >= 15 is 0 Å². The van der Waals surface area contributed by atoms with Crippen molar-refractivity contribution in [2.75, 3.05) is 12.3 Å². The lowest BCUT2D eigenvalue weighted by atomic mass is 9.88. The fourth-order valence-electron chi connectivity index (χ4n) is 5.10. The highest BCUT2D eigenvalue weighted by atomic mass is 32.2. The van der Waals surface area contributed by atoms with E-state index in [9.17, 15) is 5.11 Å². The Morgan fingerprint density at radius 2 is 2.09 bits per heavy atom. The fraction of sp³-hybridized carbons (Fsp3) is 0.600. The molecule has 2 aliphatic heterocycles. The first-order valence-electron chi connectivity index (χ1n) is 12.0. The van der Waals surface area contributed by atoms with Gasteiger partial charge in [0.15, 0.2) is 10.3 Å². The van der Waals surface area contributed by atoms with Gasteiger partial charge in [-0.05, 0) is 74.6 Å². The molecule has 0 radical (unpaired) electrons. The molecule has 1 aromatic rings. The number of nitrogens with zero attached hydrogens (tertiary/aromatic N) is 3. The minimum atomic E-state index is 0.00479. The second-order valence-electron chi connectivity index (χ2n) is 10.1. The predicted molar refractivity (Wildman–Crippen MR) is 138 cm³/mol. The van der Waals surface area contributed by atoms with Gasteiger partial charge in [0.1, 0.15) is 5.75 Å². The molecule has 5 rings (SSSR count).